The molecule has 0 unspecified atom stereocenters. The summed E-state index contributed by atoms with van der Waals surface area (Å²) in [6.45, 7) is 5.18. The van der Waals surface area contributed by atoms with Crippen molar-refractivity contribution in [3.63, 3.8) is 0 Å². The van der Waals surface area contributed by atoms with E-state index in [9.17, 15) is 9.59 Å². The molecule has 1 fully saturated rings. The van der Waals surface area contributed by atoms with Crippen LogP contribution in [-0.2, 0) is 11.3 Å². The van der Waals surface area contributed by atoms with Crippen LogP contribution in [0, 0.1) is 6.92 Å². The fourth-order valence-electron chi connectivity index (χ4n) is 2.80. The fraction of sp³-hybridized carbons (Fsp3) is 0.333. The molecule has 1 aromatic heterocycles. The van der Waals surface area contributed by atoms with Crippen molar-refractivity contribution in [2.45, 2.75) is 13.5 Å². The second-order valence-corrected chi connectivity index (χ2v) is 6.06. The maximum absolute atomic E-state index is 12.4. The van der Waals surface area contributed by atoms with E-state index < -0.39 is 0 Å². The number of nitrogens with zero attached hydrogens (tertiary/aromatic N) is 4. The molecule has 1 N–H and O–H groups in total. The number of nitrogens with one attached hydrogen (secondary N) is 1. The second-order valence-electron chi connectivity index (χ2n) is 6.06. The first-order valence-electron chi connectivity index (χ1n) is 8.26. The minimum absolute atomic E-state index is 0.225. The standard InChI is InChI=1S/C18H21N5O2/c1-14-3-2-4-15(9-14)11-19-18(25)16-10-17(21-12-20-16)23-7-5-22(13-24)6-8-23/h2-4,9-10,12-13H,5-8,11H2,1H3,(H,19,25). The van der Waals surface area contributed by atoms with Crippen molar-refractivity contribution >= 4 is 18.1 Å². The fourth-order valence-corrected chi connectivity index (χ4v) is 2.80. The topological polar surface area (TPSA) is 78.4 Å². The summed E-state index contributed by atoms with van der Waals surface area (Å²) in [6, 6.07) is 9.70. The largest absolute Gasteiger partial charge is 0.353 e. The normalized spacial score (nSPS) is 14.3. The van der Waals surface area contributed by atoms with Crippen LogP contribution in [0.5, 0.6) is 0 Å². The zero-order chi connectivity index (χ0) is 17.6. The number of amides is 2. The molecule has 0 spiro atoms. The average Bonchev–Trinajstić information content (AvgIpc) is 2.66. The Morgan fingerprint density at radius 3 is 2.72 bits per heavy atom. The van der Waals surface area contributed by atoms with Crippen LogP contribution in [0.15, 0.2) is 36.7 Å². The van der Waals surface area contributed by atoms with Gasteiger partial charge < -0.3 is 15.1 Å². The molecule has 1 aliphatic rings. The van der Waals surface area contributed by atoms with Crippen molar-refractivity contribution in [3.8, 4) is 0 Å². The van der Waals surface area contributed by atoms with Crippen LogP contribution < -0.4 is 10.2 Å². The van der Waals surface area contributed by atoms with E-state index in [0.29, 0.717) is 44.2 Å². The van der Waals surface area contributed by atoms with Crippen LogP contribution in [0.25, 0.3) is 0 Å². The number of hydrogen-bond acceptors (Lipinski definition) is 5. The molecule has 3 rings (SSSR count). The Kier molecular flexibility index (Phi) is 5.23. The highest BCUT2D eigenvalue weighted by Gasteiger charge is 2.18. The average molecular weight is 339 g/mol. The Hall–Kier alpha value is -2.96. The minimum atomic E-state index is -0.225. The lowest BCUT2D eigenvalue weighted by Gasteiger charge is -2.33. The summed E-state index contributed by atoms with van der Waals surface area (Å²) in [5.74, 6) is 0.484. The maximum atomic E-state index is 12.4. The SMILES string of the molecule is Cc1cccc(CNC(=O)c2cc(N3CCN(C=O)CC3)ncn2)c1. The monoisotopic (exact) mass is 339 g/mol. The van der Waals surface area contributed by atoms with Gasteiger partial charge in [0.15, 0.2) is 0 Å². The van der Waals surface area contributed by atoms with E-state index in [2.05, 4.69) is 20.2 Å². The van der Waals surface area contributed by atoms with Gasteiger partial charge in [-0.2, -0.15) is 0 Å². The van der Waals surface area contributed by atoms with Crippen LogP contribution >= 0.6 is 0 Å². The van der Waals surface area contributed by atoms with Crippen molar-refractivity contribution in [1.29, 1.82) is 0 Å². The molecule has 7 heteroatoms. The Morgan fingerprint density at radius 1 is 1.20 bits per heavy atom. The highest BCUT2D eigenvalue weighted by atomic mass is 16.2. The van der Waals surface area contributed by atoms with Gasteiger partial charge >= 0.3 is 0 Å². The summed E-state index contributed by atoms with van der Waals surface area (Å²) < 4.78 is 0. The van der Waals surface area contributed by atoms with Gasteiger partial charge in [-0.1, -0.05) is 29.8 Å². The lowest BCUT2D eigenvalue weighted by Crippen LogP contribution is -2.46. The van der Waals surface area contributed by atoms with E-state index in [1.165, 1.54) is 6.33 Å². The molecule has 0 atom stereocenters. The number of anilines is 1. The van der Waals surface area contributed by atoms with Gasteiger partial charge in [0.25, 0.3) is 5.91 Å². The third-order valence-corrected chi connectivity index (χ3v) is 4.21. The molecule has 1 saturated heterocycles. The number of carbonyl (C=O) groups excluding carboxylic acids is 2. The maximum Gasteiger partial charge on any atom is 0.270 e. The molecule has 7 nitrogen and oxygen atoms in total. The van der Waals surface area contributed by atoms with Gasteiger partial charge in [-0.05, 0) is 12.5 Å². The van der Waals surface area contributed by atoms with Gasteiger partial charge in [-0.3, -0.25) is 9.59 Å². The summed E-state index contributed by atoms with van der Waals surface area (Å²) in [4.78, 5) is 35.3. The third-order valence-electron chi connectivity index (χ3n) is 4.21. The first-order valence-corrected chi connectivity index (χ1v) is 8.26. The molecule has 25 heavy (non-hydrogen) atoms. The summed E-state index contributed by atoms with van der Waals surface area (Å²) in [5, 5.41) is 2.89. The predicted octanol–water partition coefficient (Wildman–Crippen LogP) is 0.993. The number of aryl methyl sites for hydroxylation is 1. The molecule has 1 aliphatic heterocycles. The Labute approximate surface area is 146 Å². The number of hydrogen-bond donors (Lipinski definition) is 1. The van der Waals surface area contributed by atoms with E-state index in [0.717, 1.165) is 17.5 Å². The van der Waals surface area contributed by atoms with Gasteiger partial charge in [0.2, 0.25) is 6.41 Å². The summed E-state index contributed by atoms with van der Waals surface area (Å²) in [7, 11) is 0. The van der Waals surface area contributed by atoms with Crippen LogP contribution in [0.3, 0.4) is 0 Å². The number of benzene rings is 1. The molecule has 0 bridgehead atoms. The predicted molar refractivity (Wildman–Crippen MR) is 94.2 cm³/mol. The summed E-state index contributed by atoms with van der Waals surface area (Å²) in [6.07, 6.45) is 2.27. The van der Waals surface area contributed by atoms with E-state index in [-0.39, 0.29) is 5.91 Å². The first kappa shape index (κ1) is 16.9. The number of piperazine rings is 1. The summed E-state index contributed by atoms with van der Waals surface area (Å²) in [5.41, 5.74) is 2.55. The highest BCUT2D eigenvalue weighted by Crippen LogP contribution is 2.13. The van der Waals surface area contributed by atoms with Gasteiger partial charge in [0.1, 0.15) is 17.8 Å². The number of carbonyl (C=O) groups is 2. The minimum Gasteiger partial charge on any atom is -0.353 e. The lowest BCUT2D eigenvalue weighted by atomic mass is 10.1. The van der Waals surface area contributed by atoms with E-state index >= 15 is 0 Å². The van der Waals surface area contributed by atoms with Crippen molar-refractivity contribution in [2.24, 2.45) is 0 Å². The molecular formula is C18H21N5O2. The highest BCUT2D eigenvalue weighted by molar-refractivity contribution is 5.92. The summed E-state index contributed by atoms with van der Waals surface area (Å²) >= 11 is 0. The molecule has 1 aromatic carbocycles. The van der Waals surface area contributed by atoms with E-state index in [4.69, 9.17) is 0 Å². The van der Waals surface area contributed by atoms with Gasteiger partial charge in [-0.15, -0.1) is 0 Å². The smallest absolute Gasteiger partial charge is 0.270 e. The van der Waals surface area contributed by atoms with Crippen LogP contribution in [0.2, 0.25) is 0 Å². The Morgan fingerprint density at radius 2 is 2.00 bits per heavy atom. The molecule has 130 valence electrons. The third kappa shape index (κ3) is 4.32. The van der Waals surface area contributed by atoms with E-state index in [1.807, 2.05) is 31.2 Å². The molecule has 0 saturated carbocycles. The lowest BCUT2D eigenvalue weighted by molar-refractivity contribution is -0.118. The molecule has 0 radical (unpaired) electrons. The van der Waals surface area contributed by atoms with Gasteiger partial charge in [0.05, 0.1) is 0 Å². The Balaban J connectivity index is 1.62. The van der Waals surface area contributed by atoms with Crippen LogP contribution in [-0.4, -0.2) is 53.4 Å². The van der Waals surface area contributed by atoms with Gasteiger partial charge in [0, 0.05) is 38.8 Å². The number of rotatable bonds is 5. The van der Waals surface area contributed by atoms with Crippen molar-refractivity contribution in [2.75, 3.05) is 31.1 Å². The first-order chi connectivity index (χ1) is 12.2. The molecular weight excluding hydrogens is 318 g/mol. The van der Waals surface area contributed by atoms with Crippen molar-refractivity contribution in [1.82, 2.24) is 20.2 Å². The quantitative estimate of drug-likeness (QED) is 0.822. The van der Waals surface area contributed by atoms with Crippen molar-refractivity contribution < 1.29 is 9.59 Å². The van der Waals surface area contributed by atoms with Crippen LogP contribution in [0.4, 0.5) is 5.82 Å². The zero-order valence-corrected chi connectivity index (χ0v) is 14.2. The Bertz CT molecular complexity index is 757. The van der Waals surface area contributed by atoms with E-state index in [1.54, 1.807) is 11.0 Å². The molecule has 2 aromatic rings. The van der Waals surface area contributed by atoms with Gasteiger partial charge in [-0.25, -0.2) is 9.97 Å². The zero-order valence-electron chi connectivity index (χ0n) is 14.2. The van der Waals surface area contributed by atoms with Crippen molar-refractivity contribution in [3.05, 3.63) is 53.5 Å². The van der Waals surface area contributed by atoms with Crippen LogP contribution in [0.1, 0.15) is 21.6 Å². The number of aromatic nitrogens is 2. The molecule has 2 amide bonds. The second kappa shape index (κ2) is 7.74. The molecule has 2 heterocycles. The molecule has 0 aliphatic carbocycles.